The van der Waals surface area contributed by atoms with E-state index in [0.29, 0.717) is 17.9 Å². The van der Waals surface area contributed by atoms with Gasteiger partial charge in [-0.1, -0.05) is 6.42 Å². The molecule has 16 heavy (non-hydrogen) atoms. The smallest absolute Gasteiger partial charge is 0.135 e. The van der Waals surface area contributed by atoms with Crippen molar-refractivity contribution in [3.8, 4) is 5.75 Å². The van der Waals surface area contributed by atoms with Crippen LogP contribution in [0.25, 0.3) is 0 Å². The molecule has 4 heteroatoms. The first-order valence-electron chi connectivity index (χ1n) is 5.36. The second-order valence-corrected chi connectivity index (χ2v) is 5.16. The molecule has 1 aromatic rings. The van der Waals surface area contributed by atoms with E-state index < -0.39 is 0 Å². The molecular weight excluding hydrogens is 273 g/mol. The third kappa shape index (κ3) is 1.74. The lowest BCUT2D eigenvalue weighted by Crippen LogP contribution is -2.42. The Hall–Kier alpha value is -0.610. The van der Waals surface area contributed by atoms with Crippen molar-refractivity contribution in [2.24, 2.45) is 5.73 Å². The van der Waals surface area contributed by atoms with Gasteiger partial charge in [-0.05, 0) is 40.4 Å². The monoisotopic (exact) mass is 287 g/mol. The molecule has 0 unspecified atom stereocenters. The van der Waals surface area contributed by atoms with Crippen LogP contribution in [-0.4, -0.2) is 13.7 Å². The van der Waals surface area contributed by atoms with Crippen molar-refractivity contribution in [2.45, 2.75) is 24.7 Å². The quantitative estimate of drug-likeness (QED) is 0.928. The van der Waals surface area contributed by atoms with Gasteiger partial charge in [0.1, 0.15) is 11.6 Å². The molecule has 0 heterocycles. The summed E-state index contributed by atoms with van der Waals surface area (Å²) >= 11 is 3.38. The van der Waals surface area contributed by atoms with Gasteiger partial charge >= 0.3 is 0 Å². The molecule has 0 bridgehead atoms. The molecule has 0 amide bonds. The molecule has 0 radical (unpaired) electrons. The third-order valence-electron chi connectivity index (χ3n) is 3.51. The number of halogens is 2. The fourth-order valence-electron chi connectivity index (χ4n) is 2.28. The molecule has 1 aromatic carbocycles. The lowest BCUT2D eigenvalue weighted by atomic mass is 9.64. The number of hydrogen-bond donors (Lipinski definition) is 1. The first kappa shape index (κ1) is 11.9. The summed E-state index contributed by atoms with van der Waals surface area (Å²) in [6.07, 6.45) is 3.07. The lowest BCUT2D eigenvalue weighted by molar-refractivity contribution is 0.244. The van der Waals surface area contributed by atoms with Crippen LogP contribution < -0.4 is 10.5 Å². The van der Waals surface area contributed by atoms with Crippen LogP contribution in [0.4, 0.5) is 4.39 Å². The van der Waals surface area contributed by atoms with Crippen LogP contribution in [0.15, 0.2) is 16.6 Å². The Balaban J connectivity index is 2.45. The number of nitrogens with two attached hydrogens (primary N) is 1. The molecule has 2 rings (SSSR count). The first-order valence-corrected chi connectivity index (χ1v) is 6.16. The normalized spacial score (nSPS) is 18.0. The predicted octanol–water partition coefficient (Wildman–Crippen LogP) is 2.98. The Labute approximate surface area is 103 Å². The topological polar surface area (TPSA) is 35.2 Å². The van der Waals surface area contributed by atoms with E-state index in [2.05, 4.69) is 15.9 Å². The molecule has 0 aromatic heterocycles. The minimum atomic E-state index is -0.217. The van der Waals surface area contributed by atoms with Crippen molar-refractivity contribution in [2.75, 3.05) is 13.7 Å². The fraction of sp³-hybridized carbons (Fsp3) is 0.500. The third-order valence-corrected chi connectivity index (χ3v) is 4.13. The summed E-state index contributed by atoms with van der Waals surface area (Å²) in [5, 5.41) is 0. The summed E-state index contributed by atoms with van der Waals surface area (Å²) in [6, 6.07) is 3.23. The van der Waals surface area contributed by atoms with Gasteiger partial charge in [-0.3, -0.25) is 0 Å². The number of benzene rings is 1. The van der Waals surface area contributed by atoms with Gasteiger partial charge in [0, 0.05) is 18.0 Å². The first-order chi connectivity index (χ1) is 7.63. The van der Waals surface area contributed by atoms with Gasteiger partial charge in [0.05, 0.1) is 11.6 Å². The zero-order chi connectivity index (χ0) is 11.8. The summed E-state index contributed by atoms with van der Waals surface area (Å²) < 4.78 is 19.8. The van der Waals surface area contributed by atoms with Crippen LogP contribution in [-0.2, 0) is 5.41 Å². The standard InChI is InChI=1S/C12H15BrFNO/c1-16-11-6-10(14)8(5-9(11)13)12(7-15)3-2-4-12/h5-6H,2-4,7,15H2,1H3. The zero-order valence-electron chi connectivity index (χ0n) is 9.22. The van der Waals surface area contributed by atoms with E-state index in [4.69, 9.17) is 10.5 Å². The molecule has 2 nitrogen and oxygen atoms in total. The highest BCUT2D eigenvalue weighted by molar-refractivity contribution is 9.10. The predicted molar refractivity (Wildman–Crippen MR) is 65.2 cm³/mol. The molecule has 1 aliphatic carbocycles. The summed E-state index contributed by atoms with van der Waals surface area (Å²) in [5.74, 6) is 0.304. The molecule has 0 atom stereocenters. The van der Waals surface area contributed by atoms with Gasteiger partial charge in [-0.2, -0.15) is 0 Å². The van der Waals surface area contributed by atoms with Gasteiger partial charge in [0.15, 0.2) is 0 Å². The molecule has 0 aliphatic heterocycles. The van der Waals surface area contributed by atoms with Crippen LogP contribution in [0.2, 0.25) is 0 Å². The lowest BCUT2D eigenvalue weighted by Gasteiger charge is -2.41. The van der Waals surface area contributed by atoms with Crippen LogP contribution in [0, 0.1) is 5.82 Å². The van der Waals surface area contributed by atoms with E-state index in [1.165, 1.54) is 13.2 Å². The second kappa shape index (κ2) is 4.34. The highest BCUT2D eigenvalue weighted by atomic mass is 79.9. The van der Waals surface area contributed by atoms with Crippen LogP contribution in [0.3, 0.4) is 0 Å². The molecule has 0 spiro atoms. The maximum absolute atomic E-state index is 14.0. The Morgan fingerprint density at radius 3 is 2.62 bits per heavy atom. The van der Waals surface area contributed by atoms with Crippen molar-refractivity contribution >= 4 is 15.9 Å². The van der Waals surface area contributed by atoms with E-state index in [1.807, 2.05) is 0 Å². The highest BCUT2D eigenvalue weighted by Crippen LogP contribution is 2.45. The molecule has 1 saturated carbocycles. The van der Waals surface area contributed by atoms with Crippen LogP contribution in [0.5, 0.6) is 5.75 Å². The van der Waals surface area contributed by atoms with E-state index in [-0.39, 0.29) is 11.2 Å². The summed E-state index contributed by atoms with van der Waals surface area (Å²) in [6.45, 7) is 0.503. The molecular formula is C12H15BrFNO. The summed E-state index contributed by atoms with van der Waals surface area (Å²) in [5.41, 5.74) is 6.34. The largest absolute Gasteiger partial charge is 0.495 e. The van der Waals surface area contributed by atoms with Crippen molar-refractivity contribution in [1.29, 1.82) is 0 Å². The van der Waals surface area contributed by atoms with Gasteiger partial charge in [-0.15, -0.1) is 0 Å². The van der Waals surface area contributed by atoms with Crippen LogP contribution >= 0.6 is 15.9 Å². The summed E-state index contributed by atoms with van der Waals surface area (Å²) in [7, 11) is 1.53. The van der Waals surface area contributed by atoms with E-state index in [9.17, 15) is 4.39 Å². The SMILES string of the molecule is COc1cc(F)c(C2(CN)CCC2)cc1Br. The van der Waals surface area contributed by atoms with Gasteiger partial charge < -0.3 is 10.5 Å². The zero-order valence-corrected chi connectivity index (χ0v) is 10.8. The summed E-state index contributed by atoms with van der Waals surface area (Å²) in [4.78, 5) is 0. The average molecular weight is 288 g/mol. The Kier molecular flexibility index (Phi) is 3.22. The number of hydrogen-bond acceptors (Lipinski definition) is 2. The minimum absolute atomic E-state index is 0.154. The van der Waals surface area contributed by atoms with Crippen LogP contribution in [0.1, 0.15) is 24.8 Å². The Morgan fingerprint density at radius 1 is 1.50 bits per heavy atom. The highest BCUT2D eigenvalue weighted by Gasteiger charge is 2.39. The molecule has 88 valence electrons. The average Bonchev–Trinajstić information content (AvgIpc) is 2.22. The van der Waals surface area contributed by atoms with E-state index >= 15 is 0 Å². The molecule has 2 N–H and O–H groups in total. The number of methoxy groups -OCH3 is 1. The van der Waals surface area contributed by atoms with E-state index in [1.54, 1.807) is 6.07 Å². The van der Waals surface area contributed by atoms with Crippen molar-refractivity contribution in [1.82, 2.24) is 0 Å². The number of rotatable bonds is 3. The molecule has 1 aliphatic rings. The molecule has 0 saturated heterocycles. The number of ether oxygens (including phenoxy) is 1. The minimum Gasteiger partial charge on any atom is -0.495 e. The second-order valence-electron chi connectivity index (χ2n) is 4.30. The Morgan fingerprint density at radius 2 is 2.19 bits per heavy atom. The fourth-order valence-corrected chi connectivity index (χ4v) is 2.78. The van der Waals surface area contributed by atoms with Crippen molar-refractivity contribution in [3.63, 3.8) is 0 Å². The Bertz CT molecular complexity index is 399. The maximum atomic E-state index is 14.0. The van der Waals surface area contributed by atoms with E-state index in [0.717, 1.165) is 23.7 Å². The maximum Gasteiger partial charge on any atom is 0.135 e. The van der Waals surface area contributed by atoms with Gasteiger partial charge in [0.2, 0.25) is 0 Å². The van der Waals surface area contributed by atoms with Gasteiger partial charge in [-0.25, -0.2) is 4.39 Å². The van der Waals surface area contributed by atoms with Gasteiger partial charge in [0.25, 0.3) is 0 Å². The van der Waals surface area contributed by atoms with Crippen molar-refractivity contribution < 1.29 is 9.13 Å². The molecule has 1 fully saturated rings. The van der Waals surface area contributed by atoms with Crippen molar-refractivity contribution in [3.05, 3.63) is 28.0 Å².